The van der Waals surface area contributed by atoms with Gasteiger partial charge in [0.05, 0.1) is 6.61 Å². The fourth-order valence-corrected chi connectivity index (χ4v) is 3.60. The minimum atomic E-state index is -3.15. The minimum Gasteiger partial charge on any atom is -0.384 e. The molecule has 10 nitrogen and oxygen atoms in total. The van der Waals surface area contributed by atoms with Gasteiger partial charge in [-0.2, -0.15) is 0 Å². The summed E-state index contributed by atoms with van der Waals surface area (Å²) in [5.74, 6) is -2.99. The van der Waals surface area contributed by atoms with Gasteiger partial charge in [0, 0.05) is 12.3 Å². The number of hydrogen-bond donors (Lipinski definition) is 3. The quantitative estimate of drug-likeness (QED) is 0.539. The van der Waals surface area contributed by atoms with Crippen LogP contribution >= 0.6 is 8.25 Å². The van der Waals surface area contributed by atoms with Gasteiger partial charge in [-0.05, 0) is 12.5 Å². The molecule has 3 rings (SSSR count). The van der Waals surface area contributed by atoms with E-state index in [1.54, 1.807) is 30.3 Å². The second-order valence-electron chi connectivity index (χ2n) is 6.72. The number of benzene rings is 1. The lowest BCUT2D eigenvalue weighted by Crippen LogP contribution is -2.49. The summed E-state index contributed by atoms with van der Waals surface area (Å²) in [4.78, 5) is 25.1. The number of aromatic nitrogens is 2. The second-order valence-corrected chi connectivity index (χ2v) is 7.79. The van der Waals surface area contributed by atoms with E-state index in [2.05, 4.69) is 0 Å². The van der Waals surface area contributed by atoms with Crippen LogP contribution in [-0.4, -0.2) is 43.9 Å². The number of hydrogen-bond acceptors (Lipinski definition) is 8. The van der Waals surface area contributed by atoms with Crippen LogP contribution < -0.4 is 11.2 Å². The molecule has 2 heterocycles. The molecule has 3 N–H and O–H groups in total. The predicted molar refractivity (Wildman–Crippen MR) is 98.1 cm³/mol. The van der Waals surface area contributed by atoms with Crippen LogP contribution in [0.1, 0.15) is 18.7 Å². The Labute approximate surface area is 164 Å². The molecule has 12 heteroatoms. The van der Waals surface area contributed by atoms with Crippen molar-refractivity contribution < 1.29 is 33.0 Å². The Morgan fingerprint density at radius 3 is 2.62 bits per heavy atom. The van der Waals surface area contributed by atoms with Crippen LogP contribution in [0.15, 0.2) is 52.2 Å². The van der Waals surface area contributed by atoms with Gasteiger partial charge in [0.25, 0.3) is 11.4 Å². The van der Waals surface area contributed by atoms with Crippen LogP contribution in [0.5, 0.6) is 0 Å². The summed E-state index contributed by atoms with van der Waals surface area (Å²) >= 11 is 0. The Kier molecular flexibility index (Phi) is 6.18. The molecule has 1 fully saturated rings. The number of aliphatic hydroxyl groups is 2. The molecule has 0 bridgehead atoms. The maximum absolute atomic E-state index is 15.1. The number of rotatable bonds is 7. The largest absolute Gasteiger partial charge is 0.384 e. The van der Waals surface area contributed by atoms with Crippen LogP contribution in [0.25, 0.3) is 0 Å². The lowest BCUT2D eigenvalue weighted by atomic mass is 9.95. The molecule has 0 spiro atoms. The number of alkyl halides is 1. The van der Waals surface area contributed by atoms with Crippen molar-refractivity contribution in [3.05, 3.63) is 69.0 Å². The summed E-state index contributed by atoms with van der Waals surface area (Å²) in [6.07, 6.45) is -2.84. The molecule has 1 saturated heterocycles. The van der Waals surface area contributed by atoms with Gasteiger partial charge in [-0.3, -0.25) is 18.9 Å². The number of nitrogens with zero attached hydrogens (tertiary/aromatic N) is 1. The van der Waals surface area contributed by atoms with E-state index in [0.29, 0.717) is 0 Å². The highest BCUT2D eigenvalue weighted by atomic mass is 31.1. The monoisotopic (exact) mass is 430 g/mol. The molecule has 0 aliphatic carbocycles. The van der Waals surface area contributed by atoms with Crippen molar-refractivity contribution in [1.29, 1.82) is 0 Å². The van der Waals surface area contributed by atoms with E-state index in [9.17, 15) is 24.4 Å². The summed E-state index contributed by atoms with van der Waals surface area (Å²) in [5, 5.41) is 20.7. The molecule has 1 aromatic carbocycles. The zero-order valence-electron chi connectivity index (χ0n) is 15.3. The Morgan fingerprint density at radius 1 is 1.28 bits per heavy atom. The molecule has 0 amide bonds. The smallest absolute Gasteiger partial charge is 0.330 e. The Hall–Kier alpha value is -2.14. The summed E-state index contributed by atoms with van der Waals surface area (Å²) in [6, 6.07) is 9.76. The second kappa shape index (κ2) is 8.31. The SMILES string of the molecule is C[C@@]1(O)C(O)[C@@](F)(CO[PH](=O)OCc2ccccc2)O[C@H]1n1ccc(=O)[nH]c1=O. The van der Waals surface area contributed by atoms with Crippen molar-refractivity contribution in [2.75, 3.05) is 6.61 Å². The molecule has 158 valence electrons. The molecule has 0 saturated carbocycles. The fourth-order valence-electron chi connectivity index (χ4n) is 2.92. The van der Waals surface area contributed by atoms with Crippen LogP contribution in [0.2, 0.25) is 0 Å². The van der Waals surface area contributed by atoms with Crippen LogP contribution in [-0.2, 0) is 25.0 Å². The highest BCUT2D eigenvalue weighted by Gasteiger charge is 2.63. The van der Waals surface area contributed by atoms with Crippen LogP contribution in [0.3, 0.4) is 0 Å². The number of ether oxygens (including phenoxy) is 1. The van der Waals surface area contributed by atoms with E-state index in [-0.39, 0.29) is 6.61 Å². The van der Waals surface area contributed by atoms with E-state index in [1.165, 1.54) is 0 Å². The first-order valence-electron chi connectivity index (χ1n) is 8.55. The number of H-pyrrole nitrogens is 1. The predicted octanol–water partition coefficient (Wildman–Crippen LogP) is 0.466. The molecule has 2 unspecified atom stereocenters. The van der Waals surface area contributed by atoms with Crippen LogP contribution in [0.4, 0.5) is 4.39 Å². The molecule has 1 aliphatic heterocycles. The Morgan fingerprint density at radius 2 is 1.97 bits per heavy atom. The maximum atomic E-state index is 15.1. The van der Waals surface area contributed by atoms with Crippen LogP contribution in [0, 0.1) is 0 Å². The first-order valence-corrected chi connectivity index (χ1v) is 9.78. The molecule has 1 aromatic heterocycles. The maximum Gasteiger partial charge on any atom is 0.330 e. The molecule has 5 atom stereocenters. The highest BCUT2D eigenvalue weighted by molar-refractivity contribution is 7.33. The van der Waals surface area contributed by atoms with Gasteiger partial charge >= 0.3 is 13.9 Å². The molecule has 2 aromatic rings. The summed E-state index contributed by atoms with van der Waals surface area (Å²) < 4.78 is 42.7. The van der Waals surface area contributed by atoms with Gasteiger partial charge in [0.2, 0.25) is 0 Å². The van der Waals surface area contributed by atoms with Gasteiger partial charge < -0.3 is 24.0 Å². The fraction of sp³-hybridized carbons (Fsp3) is 0.412. The summed E-state index contributed by atoms with van der Waals surface area (Å²) in [7, 11) is -3.15. The number of aromatic amines is 1. The Bertz CT molecular complexity index is 995. The Balaban J connectivity index is 1.68. The lowest BCUT2D eigenvalue weighted by molar-refractivity contribution is -0.203. The van der Waals surface area contributed by atoms with Crippen molar-refractivity contribution in [2.45, 2.75) is 37.3 Å². The normalized spacial score (nSPS) is 30.3. The molecular formula is C17H20FN2O8P. The third kappa shape index (κ3) is 4.55. The molecule has 1 aliphatic rings. The average molecular weight is 430 g/mol. The summed E-state index contributed by atoms with van der Waals surface area (Å²) in [5.41, 5.74) is -3.21. The van der Waals surface area contributed by atoms with E-state index < -0.39 is 49.9 Å². The third-order valence-electron chi connectivity index (χ3n) is 4.46. The topological polar surface area (TPSA) is 140 Å². The van der Waals surface area contributed by atoms with Crippen molar-refractivity contribution in [3.63, 3.8) is 0 Å². The number of nitrogens with one attached hydrogen (secondary N) is 1. The van der Waals surface area contributed by atoms with E-state index in [1.807, 2.05) is 4.98 Å². The van der Waals surface area contributed by atoms with Gasteiger partial charge in [-0.15, -0.1) is 0 Å². The zero-order valence-corrected chi connectivity index (χ0v) is 16.3. The number of aliphatic hydroxyl groups excluding tert-OH is 1. The van der Waals surface area contributed by atoms with E-state index in [4.69, 9.17) is 13.8 Å². The minimum absolute atomic E-state index is 0.0333. The van der Waals surface area contributed by atoms with Gasteiger partial charge in [-0.1, -0.05) is 30.3 Å². The van der Waals surface area contributed by atoms with E-state index >= 15 is 4.39 Å². The first-order chi connectivity index (χ1) is 13.6. The van der Waals surface area contributed by atoms with Gasteiger partial charge in [0.1, 0.15) is 18.3 Å². The molecule has 29 heavy (non-hydrogen) atoms. The van der Waals surface area contributed by atoms with E-state index in [0.717, 1.165) is 29.3 Å². The third-order valence-corrected chi connectivity index (χ3v) is 5.22. The standard InChI is InChI=1S/C17H20FN2O8P/c1-16(24)13(22)17(18,28-14(16)20-8-7-12(21)19-15(20)23)10-27-29(25)26-9-11-5-3-2-4-6-11/h2-8,13-14,22,24,29H,9-10H2,1H3,(H,19,21,23)/t13?,14-,16-,17-/m1/s1. The summed E-state index contributed by atoms with van der Waals surface area (Å²) in [6.45, 7) is -0.00384. The number of halogens is 1. The molecule has 0 radical (unpaired) electrons. The van der Waals surface area contributed by atoms with Gasteiger partial charge in [-0.25, -0.2) is 9.18 Å². The van der Waals surface area contributed by atoms with Crippen molar-refractivity contribution in [2.24, 2.45) is 0 Å². The van der Waals surface area contributed by atoms with Crippen molar-refractivity contribution >= 4 is 8.25 Å². The first kappa shape index (κ1) is 21.6. The zero-order chi connectivity index (χ0) is 21.2. The average Bonchev–Trinajstić information content (AvgIpc) is 2.86. The lowest BCUT2D eigenvalue weighted by Gasteiger charge is -2.27. The van der Waals surface area contributed by atoms with Crippen molar-refractivity contribution in [1.82, 2.24) is 9.55 Å². The highest BCUT2D eigenvalue weighted by Crippen LogP contribution is 2.45. The molecular weight excluding hydrogens is 410 g/mol. The van der Waals surface area contributed by atoms with Crippen molar-refractivity contribution in [3.8, 4) is 0 Å². The van der Waals surface area contributed by atoms with Gasteiger partial charge in [0.15, 0.2) is 6.23 Å².